The maximum atomic E-state index is 11.9. The molecule has 110 valence electrons. The molecule has 0 unspecified atom stereocenters. The first-order chi connectivity index (χ1) is 10.1. The molecule has 1 amide bonds. The molecule has 0 aliphatic carbocycles. The van der Waals surface area contributed by atoms with Crippen molar-refractivity contribution < 1.29 is 4.79 Å². The summed E-state index contributed by atoms with van der Waals surface area (Å²) >= 11 is 1.70. The van der Waals surface area contributed by atoms with E-state index in [1.165, 1.54) is 10.5 Å². The van der Waals surface area contributed by atoms with Crippen LogP contribution in [0.3, 0.4) is 0 Å². The molecule has 0 heterocycles. The minimum Gasteiger partial charge on any atom is -0.326 e. The van der Waals surface area contributed by atoms with E-state index in [2.05, 4.69) is 43.4 Å². The Labute approximate surface area is 131 Å². The SMILES string of the molecule is CC(C)c1ccc(NC(=O)CCSc2ccccc2)cc1. The highest BCUT2D eigenvalue weighted by molar-refractivity contribution is 7.99. The van der Waals surface area contributed by atoms with Crippen LogP contribution in [0.1, 0.15) is 31.7 Å². The fraction of sp³-hybridized carbons (Fsp3) is 0.278. The molecule has 1 N–H and O–H groups in total. The van der Waals surface area contributed by atoms with Crippen LogP contribution in [0.4, 0.5) is 5.69 Å². The summed E-state index contributed by atoms with van der Waals surface area (Å²) in [6.45, 7) is 4.32. The predicted octanol–water partition coefficient (Wildman–Crippen LogP) is 4.93. The van der Waals surface area contributed by atoms with Crippen molar-refractivity contribution in [3.8, 4) is 0 Å². The van der Waals surface area contributed by atoms with Gasteiger partial charge >= 0.3 is 0 Å². The topological polar surface area (TPSA) is 29.1 Å². The van der Waals surface area contributed by atoms with Gasteiger partial charge in [0.05, 0.1) is 0 Å². The fourth-order valence-electron chi connectivity index (χ4n) is 1.95. The van der Waals surface area contributed by atoms with E-state index >= 15 is 0 Å². The van der Waals surface area contributed by atoms with E-state index in [-0.39, 0.29) is 5.91 Å². The molecule has 3 heteroatoms. The molecule has 0 saturated heterocycles. The quantitative estimate of drug-likeness (QED) is 0.766. The summed E-state index contributed by atoms with van der Waals surface area (Å²) in [5, 5.41) is 2.94. The molecule has 0 saturated carbocycles. The van der Waals surface area contributed by atoms with Crippen LogP contribution in [0.25, 0.3) is 0 Å². The molecule has 2 rings (SSSR count). The van der Waals surface area contributed by atoms with Crippen LogP contribution in [0, 0.1) is 0 Å². The lowest BCUT2D eigenvalue weighted by molar-refractivity contribution is -0.115. The third kappa shape index (κ3) is 5.27. The lowest BCUT2D eigenvalue weighted by Gasteiger charge is -2.08. The maximum absolute atomic E-state index is 11.9. The number of carbonyl (C=O) groups excluding carboxylic acids is 1. The van der Waals surface area contributed by atoms with Gasteiger partial charge in [-0.25, -0.2) is 0 Å². The van der Waals surface area contributed by atoms with Gasteiger partial charge in [0.1, 0.15) is 0 Å². The first-order valence-corrected chi connectivity index (χ1v) is 8.21. The van der Waals surface area contributed by atoms with Crippen LogP contribution >= 0.6 is 11.8 Å². The van der Waals surface area contributed by atoms with Crippen molar-refractivity contribution in [2.45, 2.75) is 31.1 Å². The van der Waals surface area contributed by atoms with Crippen LogP contribution in [-0.4, -0.2) is 11.7 Å². The Morgan fingerprint density at radius 1 is 1.05 bits per heavy atom. The zero-order valence-corrected chi connectivity index (χ0v) is 13.3. The first kappa shape index (κ1) is 15.6. The van der Waals surface area contributed by atoms with E-state index in [9.17, 15) is 4.79 Å². The molecule has 0 aliphatic heterocycles. The van der Waals surface area contributed by atoms with Crippen LogP contribution in [-0.2, 0) is 4.79 Å². The van der Waals surface area contributed by atoms with E-state index in [4.69, 9.17) is 0 Å². The van der Waals surface area contributed by atoms with Crippen LogP contribution in [0.2, 0.25) is 0 Å². The molecular formula is C18H21NOS. The van der Waals surface area contributed by atoms with E-state index < -0.39 is 0 Å². The number of anilines is 1. The maximum Gasteiger partial charge on any atom is 0.225 e. The zero-order chi connectivity index (χ0) is 15.1. The van der Waals surface area contributed by atoms with Gasteiger partial charge in [-0.05, 0) is 35.7 Å². The summed E-state index contributed by atoms with van der Waals surface area (Å²) < 4.78 is 0. The average molecular weight is 299 g/mol. The average Bonchev–Trinajstić information content (AvgIpc) is 2.49. The van der Waals surface area contributed by atoms with Crippen LogP contribution in [0.15, 0.2) is 59.5 Å². The molecular weight excluding hydrogens is 278 g/mol. The molecule has 2 nitrogen and oxygen atoms in total. The lowest BCUT2D eigenvalue weighted by atomic mass is 10.0. The standard InChI is InChI=1S/C18H21NOS/c1-14(2)15-8-10-16(11-9-15)19-18(20)12-13-21-17-6-4-3-5-7-17/h3-11,14H,12-13H2,1-2H3,(H,19,20). The van der Waals surface area contributed by atoms with E-state index in [1.807, 2.05) is 30.3 Å². The number of thioether (sulfide) groups is 1. The summed E-state index contributed by atoms with van der Waals surface area (Å²) in [4.78, 5) is 13.1. The third-order valence-corrected chi connectivity index (χ3v) is 4.22. The van der Waals surface area contributed by atoms with Crippen LogP contribution < -0.4 is 5.32 Å². The van der Waals surface area contributed by atoms with E-state index in [0.29, 0.717) is 12.3 Å². The van der Waals surface area contributed by atoms with Gasteiger partial charge < -0.3 is 5.32 Å². The van der Waals surface area contributed by atoms with Gasteiger partial charge in [-0.1, -0.05) is 44.2 Å². The molecule has 2 aromatic carbocycles. The summed E-state index contributed by atoms with van der Waals surface area (Å²) in [6, 6.07) is 18.2. The molecule has 0 atom stereocenters. The van der Waals surface area contributed by atoms with Crippen molar-refractivity contribution in [1.82, 2.24) is 0 Å². The monoisotopic (exact) mass is 299 g/mol. The normalized spacial score (nSPS) is 10.6. The summed E-state index contributed by atoms with van der Waals surface area (Å²) in [5.41, 5.74) is 2.15. The van der Waals surface area contributed by atoms with Gasteiger partial charge in [0, 0.05) is 22.8 Å². The molecule has 21 heavy (non-hydrogen) atoms. The van der Waals surface area contributed by atoms with Crippen molar-refractivity contribution in [1.29, 1.82) is 0 Å². The van der Waals surface area contributed by atoms with Crippen molar-refractivity contribution in [2.24, 2.45) is 0 Å². The van der Waals surface area contributed by atoms with Crippen molar-refractivity contribution in [2.75, 3.05) is 11.1 Å². The number of carbonyl (C=O) groups is 1. The number of hydrogen-bond acceptors (Lipinski definition) is 2. The Bertz CT molecular complexity index is 564. The molecule has 0 fully saturated rings. The minimum atomic E-state index is 0.0655. The highest BCUT2D eigenvalue weighted by Crippen LogP contribution is 2.19. The van der Waals surface area contributed by atoms with Gasteiger partial charge in [0.2, 0.25) is 5.91 Å². The number of amides is 1. The number of benzene rings is 2. The van der Waals surface area contributed by atoms with Crippen LogP contribution in [0.5, 0.6) is 0 Å². The largest absolute Gasteiger partial charge is 0.326 e. The summed E-state index contributed by atoms with van der Waals surface area (Å²) in [7, 11) is 0. The molecule has 0 bridgehead atoms. The molecule has 0 aromatic heterocycles. The molecule has 0 radical (unpaired) electrons. The Kier molecular flexibility index (Phi) is 5.88. The van der Waals surface area contributed by atoms with Gasteiger partial charge in [-0.2, -0.15) is 0 Å². The number of rotatable bonds is 6. The van der Waals surface area contributed by atoms with Crippen molar-refractivity contribution >= 4 is 23.4 Å². The van der Waals surface area contributed by atoms with Gasteiger partial charge in [0.25, 0.3) is 0 Å². The Balaban J connectivity index is 1.76. The second-order valence-electron chi connectivity index (χ2n) is 5.24. The predicted molar refractivity (Wildman–Crippen MR) is 90.9 cm³/mol. The number of nitrogens with one attached hydrogen (secondary N) is 1. The summed E-state index contributed by atoms with van der Waals surface area (Å²) in [5.74, 6) is 1.37. The van der Waals surface area contributed by atoms with Crippen molar-refractivity contribution in [3.63, 3.8) is 0 Å². The molecule has 0 spiro atoms. The van der Waals surface area contributed by atoms with Gasteiger partial charge in [0.15, 0.2) is 0 Å². The lowest BCUT2D eigenvalue weighted by Crippen LogP contribution is -2.12. The number of hydrogen-bond donors (Lipinski definition) is 1. The van der Waals surface area contributed by atoms with Gasteiger partial charge in [-0.15, -0.1) is 11.8 Å². The Hall–Kier alpha value is -1.74. The van der Waals surface area contributed by atoms with E-state index in [0.717, 1.165) is 11.4 Å². The van der Waals surface area contributed by atoms with E-state index in [1.54, 1.807) is 11.8 Å². The van der Waals surface area contributed by atoms with Crippen molar-refractivity contribution in [3.05, 3.63) is 60.2 Å². The molecule has 2 aromatic rings. The Morgan fingerprint density at radius 2 is 1.71 bits per heavy atom. The first-order valence-electron chi connectivity index (χ1n) is 7.23. The zero-order valence-electron chi connectivity index (χ0n) is 12.5. The third-order valence-electron chi connectivity index (χ3n) is 3.20. The fourth-order valence-corrected chi connectivity index (χ4v) is 2.83. The molecule has 0 aliphatic rings. The highest BCUT2D eigenvalue weighted by Gasteiger charge is 2.04. The van der Waals surface area contributed by atoms with Gasteiger partial charge in [-0.3, -0.25) is 4.79 Å². The highest BCUT2D eigenvalue weighted by atomic mass is 32.2. The Morgan fingerprint density at radius 3 is 2.33 bits per heavy atom. The second-order valence-corrected chi connectivity index (χ2v) is 6.40. The minimum absolute atomic E-state index is 0.0655. The smallest absolute Gasteiger partial charge is 0.225 e. The summed E-state index contributed by atoms with van der Waals surface area (Å²) in [6.07, 6.45) is 0.519. The second kappa shape index (κ2) is 7.89.